The second-order valence-corrected chi connectivity index (χ2v) is 17.0. The summed E-state index contributed by atoms with van der Waals surface area (Å²) in [6.45, 7) is 0.617. The van der Waals surface area contributed by atoms with Gasteiger partial charge in [0.2, 0.25) is 11.3 Å². The van der Waals surface area contributed by atoms with E-state index in [2.05, 4.69) is 37.2 Å². The molecular formula is C42H34Br2F16N4O3. The summed E-state index contributed by atoms with van der Waals surface area (Å²) < 4.78 is 215. The third kappa shape index (κ3) is 13.3. The molecule has 6 rings (SSSR count). The van der Waals surface area contributed by atoms with Gasteiger partial charge >= 0.3 is 24.7 Å². The number of nitrogen functional groups attached to an aromatic ring is 1. The lowest BCUT2D eigenvalue weighted by atomic mass is 9.94. The fourth-order valence-electron chi connectivity index (χ4n) is 5.52. The number of benzene rings is 4. The van der Waals surface area contributed by atoms with Gasteiger partial charge in [0.05, 0.1) is 45.0 Å². The first-order chi connectivity index (χ1) is 30.6. The monoisotopic (exact) mass is 1100 g/mol. The Labute approximate surface area is 386 Å². The van der Waals surface area contributed by atoms with E-state index >= 15 is 0 Å². The van der Waals surface area contributed by atoms with E-state index in [0.717, 1.165) is 50.2 Å². The predicted octanol–water partition coefficient (Wildman–Crippen LogP) is 14.2. The van der Waals surface area contributed by atoms with Crippen molar-refractivity contribution in [2.75, 3.05) is 28.2 Å². The van der Waals surface area contributed by atoms with Crippen molar-refractivity contribution in [3.63, 3.8) is 0 Å². The fraction of sp³-hybridized carbons (Fsp3) is 0.357. The summed E-state index contributed by atoms with van der Waals surface area (Å²) in [5.41, 5.74) is -12.7. The number of rotatable bonds is 10. The van der Waals surface area contributed by atoms with Gasteiger partial charge in [-0.2, -0.15) is 52.7 Å². The Morgan fingerprint density at radius 3 is 1.39 bits per heavy atom. The molecule has 5 N–H and O–H groups in total. The number of carbonyl (C=O) groups is 3. The second-order valence-electron chi connectivity index (χ2n) is 15.3. The molecule has 2 saturated carbocycles. The lowest BCUT2D eigenvalue weighted by molar-refractivity contribution is -0.229. The summed E-state index contributed by atoms with van der Waals surface area (Å²) in [6, 6.07) is 7.81. The molecular weight excluding hydrogens is 1070 g/mol. The van der Waals surface area contributed by atoms with Crippen LogP contribution in [0.25, 0.3) is 0 Å². The highest BCUT2D eigenvalue weighted by Crippen LogP contribution is 2.49. The number of alkyl halides is 14. The van der Waals surface area contributed by atoms with Crippen LogP contribution in [0.5, 0.6) is 0 Å². The maximum absolute atomic E-state index is 14.8. The molecule has 4 aromatic rings. The number of nitrogens with one attached hydrogen (secondary N) is 3. The Balaban J connectivity index is 0.000000266. The standard InChI is InChI=1S/C21H17BrF8N2O.C17H11BrF8N2O.C4H6O/c1-19(24,21(28,29)30)11-7-13(20(25,26)27)17(14(22)8-11)32-18(33)12-3-2-4-15(16(12)23)31-9-10-5-6-10;1-15(20,17(24,25)26)7-5-9(16(21,22)23)13(10(18)6-7)28-14(29)8-3-2-4-11(27)12(8)19;5-3-4-1-2-4/h2-4,7-8,10,31H,5-6,9H2,1H3,(H,32,33);2-6H,27H2,1H3,(H,28,29);3-4H,1-2H2. The second kappa shape index (κ2) is 20.3. The van der Waals surface area contributed by atoms with E-state index in [1.807, 2.05) is 5.32 Å². The zero-order valence-corrected chi connectivity index (χ0v) is 37.3. The molecule has 4 aromatic carbocycles. The molecule has 67 heavy (non-hydrogen) atoms. The molecule has 2 atom stereocenters. The van der Waals surface area contributed by atoms with E-state index in [0.29, 0.717) is 30.5 Å². The Morgan fingerprint density at radius 2 is 1.04 bits per heavy atom. The average Bonchev–Trinajstić information content (AvgIpc) is 4.14. The lowest BCUT2D eigenvalue weighted by Crippen LogP contribution is -2.35. The van der Waals surface area contributed by atoms with Gasteiger partial charge in [0, 0.05) is 21.4 Å². The number of amides is 2. The van der Waals surface area contributed by atoms with Crippen molar-refractivity contribution < 1.29 is 84.6 Å². The molecule has 0 bridgehead atoms. The first-order valence-electron chi connectivity index (χ1n) is 19.1. The number of hydrogen-bond donors (Lipinski definition) is 4. The number of aldehydes is 1. The predicted molar refractivity (Wildman–Crippen MR) is 220 cm³/mol. The summed E-state index contributed by atoms with van der Waals surface area (Å²) in [7, 11) is 0. The van der Waals surface area contributed by atoms with E-state index in [1.165, 1.54) is 18.2 Å². The van der Waals surface area contributed by atoms with Crippen molar-refractivity contribution >= 4 is 72.7 Å². The number of halogens is 18. The van der Waals surface area contributed by atoms with Crippen LogP contribution in [0.3, 0.4) is 0 Å². The number of anilines is 4. The van der Waals surface area contributed by atoms with Crippen molar-refractivity contribution in [2.24, 2.45) is 11.8 Å². The highest BCUT2D eigenvalue weighted by molar-refractivity contribution is 9.11. The van der Waals surface area contributed by atoms with Crippen LogP contribution in [0.15, 0.2) is 69.6 Å². The van der Waals surface area contributed by atoms with E-state index in [1.54, 1.807) is 5.32 Å². The summed E-state index contributed by atoms with van der Waals surface area (Å²) in [5, 5.41) is 6.50. The maximum atomic E-state index is 14.8. The van der Waals surface area contributed by atoms with Crippen molar-refractivity contribution in [3.05, 3.63) is 115 Å². The van der Waals surface area contributed by atoms with Gasteiger partial charge in [0.25, 0.3) is 11.8 Å². The number of nitrogens with two attached hydrogens (primary N) is 1. The molecule has 7 nitrogen and oxygen atoms in total. The zero-order valence-electron chi connectivity index (χ0n) is 34.1. The van der Waals surface area contributed by atoms with E-state index in [4.69, 9.17) is 5.73 Å². The Hall–Kier alpha value is -5.07. The van der Waals surface area contributed by atoms with Crippen LogP contribution < -0.4 is 21.7 Å². The van der Waals surface area contributed by atoms with Gasteiger partial charge in [0.1, 0.15) is 6.29 Å². The number of hydrogen-bond acceptors (Lipinski definition) is 5. The third-order valence-electron chi connectivity index (χ3n) is 10.0. The van der Waals surface area contributed by atoms with Gasteiger partial charge in [-0.15, -0.1) is 0 Å². The van der Waals surface area contributed by atoms with Crippen molar-refractivity contribution in [1.82, 2.24) is 0 Å². The Morgan fingerprint density at radius 1 is 0.642 bits per heavy atom. The highest BCUT2D eigenvalue weighted by Gasteiger charge is 2.55. The minimum Gasteiger partial charge on any atom is -0.396 e. The first kappa shape index (κ1) is 54.5. The van der Waals surface area contributed by atoms with Crippen molar-refractivity contribution in [1.29, 1.82) is 0 Å². The van der Waals surface area contributed by atoms with E-state index < -0.39 is 119 Å². The summed E-state index contributed by atoms with van der Waals surface area (Å²) in [5.74, 6) is -3.96. The quantitative estimate of drug-likeness (QED) is 0.0718. The highest BCUT2D eigenvalue weighted by atomic mass is 79.9. The SMILES string of the molecule is CC(F)(c1cc(Br)c(NC(=O)c2cccc(N)c2F)c(C(F)(F)F)c1)C(F)(F)F.CC(F)(c1cc(Br)c(NC(=O)c2cccc(NCC3CC3)c2F)c(C(F)(F)F)c1)C(F)(F)F.O=CC1CC1. The van der Waals surface area contributed by atoms with Crippen LogP contribution in [-0.4, -0.2) is 37.0 Å². The van der Waals surface area contributed by atoms with Crippen LogP contribution in [0.2, 0.25) is 0 Å². The molecule has 0 aliphatic heterocycles. The van der Waals surface area contributed by atoms with Crippen LogP contribution in [0.4, 0.5) is 93.0 Å². The molecule has 2 aliphatic carbocycles. The maximum Gasteiger partial charge on any atom is 0.426 e. The van der Waals surface area contributed by atoms with Crippen LogP contribution in [-0.2, 0) is 28.5 Å². The van der Waals surface area contributed by atoms with Gasteiger partial charge in [-0.25, -0.2) is 17.6 Å². The van der Waals surface area contributed by atoms with Crippen LogP contribution in [0.1, 0.15) is 82.5 Å². The molecule has 0 heterocycles. The Bertz CT molecular complexity index is 2480. The van der Waals surface area contributed by atoms with Gasteiger partial charge < -0.3 is 26.5 Å². The van der Waals surface area contributed by atoms with Gasteiger partial charge in [-0.05, 0) is 137 Å². The molecule has 2 unspecified atom stereocenters. The first-order valence-corrected chi connectivity index (χ1v) is 20.7. The topological polar surface area (TPSA) is 113 Å². The summed E-state index contributed by atoms with van der Waals surface area (Å²) >= 11 is 5.29. The van der Waals surface area contributed by atoms with Gasteiger partial charge in [0.15, 0.2) is 11.6 Å². The minimum atomic E-state index is -5.50. The molecule has 2 fully saturated rings. The average molecular weight is 1110 g/mol. The molecule has 0 aromatic heterocycles. The number of carbonyl (C=O) groups excluding carboxylic acids is 3. The Kier molecular flexibility index (Phi) is 16.5. The molecule has 0 spiro atoms. The summed E-state index contributed by atoms with van der Waals surface area (Å²) in [4.78, 5) is 34.4. The minimum absolute atomic E-state index is 0.0154. The van der Waals surface area contributed by atoms with Gasteiger partial charge in [-0.3, -0.25) is 9.59 Å². The molecule has 0 radical (unpaired) electrons. The lowest BCUT2D eigenvalue weighted by Gasteiger charge is -2.26. The van der Waals surface area contributed by atoms with Crippen molar-refractivity contribution in [3.8, 4) is 0 Å². The largest absolute Gasteiger partial charge is 0.426 e. The molecule has 25 heteroatoms. The smallest absolute Gasteiger partial charge is 0.396 e. The van der Waals surface area contributed by atoms with Crippen LogP contribution in [0, 0.1) is 23.5 Å². The van der Waals surface area contributed by atoms with E-state index in [9.17, 15) is 84.6 Å². The van der Waals surface area contributed by atoms with E-state index in [-0.39, 0.29) is 31.7 Å². The third-order valence-corrected chi connectivity index (χ3v) is 11.3. The zero-order chi connectivity index (χ0) is 50.8. The molecule has 0 saturated heterocycles. The van der Waals surface area contributed by atoms with Crippen molar-refractivity contribution in [2.45, 2.75) is 75.6 Å². The molecule has 2 aliphatic rings. The summed E-state index contributed by atoms with van der Waals surface area (Å²) in [6.07, 6.45) is -16.2. The van der Waals surface area contributed by atoms with Crippen LogP contribution >= 0.6 is 31.9 Å². The molecule has 366 valence electrons. The molecule has 2 amide bonds. The van der Waals surface area contributed by atoms with Gasteiger partial charge in [-0.1, -0.05) is 12.1 Å². The normalized spacial score (nSPS) is 15.9. The fourth-order valence-corrected chi connectivity index (χ4v) is 6.64.